The van der Waals surface area contributed by atoms with Crippen molar-refractivity contribution in [3.05, 3.63) is 85.6 Å². The third kappa shape index (κ3) is 11.0. The van der Waals surface area contributed by atoms with Gasteiger partial charge in [-0.3, -0.25) is 0 Å². The molecule has 0 saturated heterocycles. The van der Waals surface area contributed by atoms with Crippen molar-refractivity contribution < 1.29 is 26.4 Å². The Morgan fingerprint density at radius 1 is 0.647 bits per heavy atom. The van der Waals surface area contributed by atoms with E-state index in [-0.39, 0.29) is 0 Å². The van der Waals surface area contributed by atoms with Crippen LogP contribution >= 0.6 is 0 Å². The van der Waals surface area contributed by atoms with Gasteiger partial charge in [-0.1, -0.05) is 12.1 Å². The molecule has 0 saturated carbocycles. The van der Waals surface area contributed by atoms with Crippen LogP contribution in [0.1, 0.15) is 11.1 Å². The van der Waals surface area contributed by atoms with Crippen LogP contribution in [-0.4, -0.2) is 0 Å². The monoisotopic (exact) mass is 268 g/mol. The number of halogens is 2. The minimum absolute atomic E-state index is 1.07. The number of benzene rings is 2. The summed E-state index contributed by atoms with van der Waals surface area (Å²) in [6, 6.07) is 19.7. The Morgan fingerprint density at radius 2 is 0.882 bits per heavy atom. The van der Waals surface area contributed by atoms with Gasteiger partial charge in [0.15, 0.2) is 0 Å². The zero-order chi connectivity index (χ0) is 12.9. The predicted molar refractivity (Wildman–Crippen MR) is 64.0 cm³/mol. The summed E-state index contributed by atoms with van der Waals surface area (Å²) >= 11 is -2.50. The van der Waals surface area contributed by atoms with Gasteiger partial charge in [0.1, 0.15) is 0 Å². The van der Waals surface area contributed by atoms with Crippen LogP contribution in [0, 0.1) is 13.8 Å². The van der Waals surface area contributed by atoms with Gasteiger partial charge in [-0.05, 0) is 0 Å². The standard InChI is InChI=1S/2C7H7.2FH.Ti/c2*1-7-5-3-2-4-6-7;;;/h2*2-6H,1H2;2*1H;/q2*-1;;;+2/p-2. The summed E-state index contributed by atoms with van der Waals surface area (Å²) in [6.07, 6.45) is 0. The molecule has 3 heteroatoms. The average Bonchev–Trinajstić information content (AvgIpc) is 2.33. The van der Waals surface area contributed by atoms with Crippen LogP contribution in [0.3, 0.4) is 0 Å². The van der Waals surface area contributed by atoms with Gasteiger partial charge >= 0.3 is 26.4 Å². The van der Waals surface area contributed by atoms with E-state index in [1.165, 1.54) is 0 Å². The van der Waals surface area contributed by atoms with E-state index < -0.39 is 20.2 Å². The number of hydrogen-bond acceptors (Lipinski definition) is 0. The van der Waals surface area contributed by atoms with Crippen LogP contribution in [0.4, 0.5) is 6.18 Å². The fourth-order valence-corrected chi connectivity index (χ4v) is 0.956. The molecule has 0 bridgehead atoms. The molecule has 2 aromatic carbocycles. The summed E-state index contributed by atoms with van der Waals surface area (Å²) in [5.41, 5.74) is 2.14. The molecule has 0 amide bonds. The van der Waals surface area contributed by atoms with E-state index in [1.54, 1.807) is 0 Å². The summed E-state index contributed by atoms with van der Waals surface area (Å²) in [6.45, 7) is 7.44. The maximum atomic E-state index is 9.75. The molecule has 0 aromatic heterocycles. The van der Waals surface area contributed by atoms with Crippen molar-refractivity contribution in [1.29, 1.82) is 0 Å². The molecule has 2 rings (SSSR count). The van der Waals surface area contributed by atoms with Crippen molar-refractivity contribution in [1.82, 2.24) is 0 Å². The topological polar surface area (TPSA) is 0 Å². The Hall–Kier alpha value is -1.25. The third-order valence-electron chi connectivity index (χ3n) is 1.69. The molecule has 0 aliphatic rings. The van der Waals surface area contributed by atoms with Crippen molar-refractivity contribution in [3.8, 4) is 0 Å². The Labute approximate surface area is 112 Å². The van der Waals surface area contributed by atoms with Gasteiger partial charge < -0.3 is 0 Å². The van der Waals surface area contributed by atoms with Crippen molar-refractivity contribution >= 4 is 0 Å². The van der Waals surface area contributed by atoms with E-state index in [0.29, 0.717) is 0 Å². The summed E-state index contributed by atoms with van der Waals surface area (Å²) < 4.78 is 19.5. The molecule has 0 nitrogen and oxygen atoms in total. The maximum absolute atomic E-state index is 9.75. The van der Waals surface area contributed by atoms with Crippen LogP contribution in [0.15, 0.2) is 60.7 Å². The summed E-state index contributed by atoms with van der Waals surface area (Å²) in [5, 5.41) is 0. The molecule has 0 unspecified atom stereocenters. The first kappa shape index (κ1) is 15.8. The second kappa shape index (κ2) is 11.2. The van der Waals surface area contributed by atoms with Crippen LogP contribution in [-0.2, 0) is 20.2 Å². The van der Waals surface area contributed by atoms with Crippen molar-refractivity contribution in [2.75, 3.05) is 0 Å². The Kier molecular flexibility index (Phi) is 10.4. The van der Waals surface area contributed by atoms with E-state index >= 15 is 0 Å². The molecule has 90 valence electrons. The predicted octanol–water partition coefficient (Wildman–Crippen LogP) is 4.58. The summed E-state index contributed by atoms with van der Waals surface area (Å²) in [4.78, 5) is 0. The molecular formula is C14H14F2Ti-2. The quantitative estimate of drug-likeness (QED) is 0.484. The van der Waals surface area contributed by atoms with Crippen LogP contribution in [0.5, 0.6) is 0 Å². The van der Waals surface area contributed by atoms with Crippen LogP contribution in [0.2, 0.25) is 0 Å². The van der Waals surface area contributed by atoms with E-state index in [2.05, 4.69) is 13.8 Å². The normalized spacial score (nSPS) is 7.88. The average molecular weight is 268 g/mol. The van der Waals surface area contributed by atoms with Crippen molar-refractivity contribution in [3.63, 3.8) is 0 Å². The number of hydrogen-bond donors (Lipinski definition) is 0. The molecule has 2 aromatic rings. The fraction of sp³-hybridized carbons (Fsp3) is 0. The van der Waals surface area contributed by atoms with Gasteiger partial charge in [0, 0.05) is 0 Å². The van der Waals surface area contributed by atoms with Gasteiger partial charge in [0.25, 0.3) is 0 Å². The molecule has 0 radical (unpaired) electrons. The molecule has 17 heavy (non-hydrogen) atoms. The van der Waals surface area contributed by atoms with Crippen molar-refractivity contribution in [2.45, 2.75) is 0 Å². The first-order valence-corrected chi connectivity index (χ1v) is 6.09. The first-order chi connectivity index (χ1) is 8.20. The summed E-state index contributed by atoms with van der Waals surface area (Å²) in [5.74, 6) is 0. The summed E-state index contributed by atoms with van der Waals surface area (Å²) in [7, 11) is 0. The molecule has 0 aliphatic heterocycles. The van der Waals surface area contributed by atoms with Gasteiger partial charge in [0.05, 0.1) is 0 Å². The van der Waals surface area contributed by atoms with E-state index in [0.717, 1.165) is 11.1 Å². The third-order valence-corrected chi connectivity index (χ3v) is 1.69. The Bertz CT molecular complexity index is 325. The van der Waals surface area contributed by atoms with Gasteiger partial charge in [-0.2, -0.15) is 49.2 Å². The second-order valence-corrected chi connectivity index (χ2v) is 3.27. The van der Waals surface area contributed by atoms with E-state index in [9.17, 15) is 6.18 Å². The molecule has 0 heterocycles. The van der Waals surface area contributed by atoms with Gasteiger partial charge in [0.2, 0.25) is 0 Å². The van der Waals surface area contributed by atoms with Crippen LogP contribution < -0.4 is 0 Å². The Balaban J connectivity index is 0.000000247. The molecule has 0 fully saturated rings. The molecule has 0 spiro atoms. The van der Waals surface area contributed by atoms with Gasteiger partial charge in [-0.15, -0.1) is 24.3 Å². The molecule has 0 aliphatic carbocycles. The molecular weight excluding hydrogens is 254 g/mol. The van der Waals surface area contributed by atoms with Gasteiger partial charge in [-0.25, -0.2) is 0 Å². The van der Waals surface area contributed by atoms with Crippen molar-refractivity contribution in [2.24, 2.45) is 0 Å². The second-order valence-electron chi connectivity index (χ2n) is 3.04. The zero-order valence-corrected chi connectivity index (χ0v) is 11.0. The molecule has 0 atom stereocenters. The minimum atomic E-state index is -2.50. The van der Waals surface area contributed by atoms with E-state index in [4.69, 9.17) is 0 Å². The zero-order valence-electron chi connectivity index (χ0n) is 9.44. The first-order valence-electron chi connectivity index (χ1n) is 4.91. The van der Waals surface area contributed by atoms with E-state index in [1.807, 2.05) is 60.7 Å². The fourth-order valence-electron chi connectivity index (χ4n) is 0.956. The number of rotatable bonds is 0. The van der Waals surface area contributed by atoms with Crippen LogP contribution in [0.25, 0.3) is 0 Å². The Morgan fingerprint density at radius 3 is 1.00 bits per heavy atom. The SMILES string of the molecule is [CH2-]c1ccccc1.[CH2-]c1ccccc1.[F][Ti][F]. The molecule has 0 N–H and O–H groups in total.